The Morgan fingerprint density at radius 2 is 2.24 bits per heavy atom. The Bertz CT molecular complexity index is 414. The number of piperidine rings is 1. The summed E-state index contributed by atoms with van der Waals surface area (Å²) >= 11 is 0. The van der Waals surface area contributed by atoms with Crippen molar-refractivity contribution in [3.8, 4) is 0 Å². The van der Waals surface area contributed by atoms with Crippen LogP contribution in [0, 0.1) is 6.92 Å². The maximum absolute atomic E-state index is 11.4. The van der Waals surface area contributed by atoms with E-state index in [4.69, 9.17) is 11.5 Å². The molecule has 1 amide bonds. The molecule has 6 nitrogen and oxygen atoms in total. The number of nitrogens with two attached hydrogens (primary N) is 2. The smallest absolute Gasteiger partial charge is 0.240 e. The summed E-state index contributed by atoms with van der Waals surface area (Å²) in [6.07, 6.45) is 2.83. The maximum atomic E-state index is 11.4. The molecular formula is C11H17N5O. The van der Waals surface area contributed by atoms with Gasteiger partial charge in [0, 0.05) is 12.6 Å². The quantitative estimate of drug-likeness (QED) is 0.763. The number of rotatable bonds is 2. The van der Waals surface area contributed by atoms with E-state index in [9.17, 15) is 4.79 Å². The number of aromatic nitrogens is 2. The summed E-state index contributed by atoms with van der Waals surface area (Å²) in [5, 5.41) is 0. The number of nitrogens with zero attached hydrogens (tertiary/aromatic N) is 3. The first-order valence-electron chi connectivity index (χ1n) is 5.75. The number of nitrogen functional groups attached to an aromatic ring is 1. The average Bonchev–Trinajstić information content (AvgIpc) is 2.27. The second kappa shape index (κ2) is 4.57. The Labute approximate surface area is 100 Å². The van der Waals surface area contributed by atoms with Gasteiger partial charge in [-0.25, -0.2) is 9.97 Å². The lowest BCUT2D eigenvalue weighted by Gasteiger charge is -2.34. The molecule has 1 atom stereocenters. The number of hydrogen-bond acceptors (Lipinski definition) is 5. The summed E-state index contributed by atoms with van der Waals surface area (Å²) in [5.74, 6) is 1.41. The van der Waals surface area contributed by atoms with Gasteiger partial charge in [0.2, 0.25) is 5.91 Å². The van der Waals surface area contributed by atoms with E-state index in [0.717, 1.165) is 25.8 Å². The number of aryl methyl sites for hydroxylation is 1. The molecular weight excluding hydrogens is 218 g/mol. The van der Waals surface area contributed by atoms with Crippen molar-refractivity contribution in [2.75, 3.05) is 17.2 Å². The number of anilines is 2. The van der Waals surface area contributed by atoms with Crippen LogP contribution in [-0.4, -0.2) is 28.5 Å². The normalized spacial score (nSPS) is 20.3. The molecule has 0 aliphatic carbocycles. The first-order chi connectivity index (χ1) is 8.08. The molecule has 0 radical (unpaired) electrons. The van der Waals surface area contributed by atoms with E-state index >= 15 is 0 Å². The number of carbonyl (C=O) groups excluding carboxylic acids is 1. The minimum Gasteiger partial charge on any atom is -0.384 e. The zero-order valence-corrected chi connectivity index (χ0v) is 9.89. The molecule has 6 heteroatoms. The minimum absolute atomic E-state index is 0.280. The topological polar surface area (TPSA) is 98.1 Å². The number of primary amides is 1. The largest absolute Gasteiger partial charge is 0.384 e. The van der Waals surface area contributed by atoms with Crippen molar-refractivity contribution < 1.29 is 4.79 Å². The van der Waals surface area contributed by atoms with Gasteiger partial charge in [-0.3, -0.25) is 4.79 Å². The molecule has 2 heterocycles. The Hall–Kier alpha value is -1.85. The number of amides is 1. The van der Waals surface area contributed by atoms with Crippen LogP contribution in [-0.2, 0) is 4.79 Å². The molecule has 1 aliphatic rings. The molecule has 1 saturated heterocycles. The van der Waals surface area contributed by atoms with Gasteiger partial charge in [-0.05, 0) is 26.2 Å². The predicted molar refractivity (Wildman–Crippen MR) is 65.4 cm³/mol. The molecule has 2 rings (SSSR count). The second-order valence-electron chi connectivity index (χ2n) is 4.31. The summed E-state index contributed by atoms with van der Waals surface area (Å²) in [6.45, 7) is 2.56. The van der Waals surface area contributed by atoms with E-state index in [-0.39, 0.29) is 11.9 Å². The summed E-state index contributed by atoms with van der Waals surface area (Å²) in [5.41, 5.74) is 11.1. The van der Waals surface area contributed by atoms with Gasteiger partial charge in [-0.2, -0.15) is 0 Å². The fourth-order valence-corrected chi connectivity index (χ4v) is 2.22. The molecule has 1 fully saturated rings. The van der Waals surface area contributed by atoms with Gasteiger partial charge in [-0.15, -0.1) is 0 Å². The van der Waals surface area contributed by atoms with Crippen LogP contribution in [0.4, 0.5) is 11.6 Å². The highest BCUT2D eigenvalue weighted by Crippen LogP contribution is 2.24. The van der Waals surface area contributed by atoms with E-state index < -0.39 is 0 Å². The lowest BCUT2D eigenvalue weighted by Crippen LogP contribution is -2.48. The SMILES string of the molecule is Cc1nc(N)cc(N2CCCCC2C(N)=O)n1. The van der Waals surface area contributed by atoms with Crippen LogP contribution in [0.3, 0.4) is 0 Å². The van der Waals surface area contributed by atoms with Crippen molar-refractivity contribution >= 4 is 17.5 Å². The van der Waals surface area contributed by atoms with Crippen molar-refractivity contribution in [3.05, 3.63) is 11.9 Å². The standard InChI is InChI=1S/C11H17N5O/c1-7-14-9(12)6-10(15-7)16-5-3-2-4-8(16)11(13)17/h6,8H,2-5H2,1H3,(H2,13,17)(H2,12,14,15). The maximum Gasteiger partial charge on any atom is 0.240 e. The molecule has 1 aromatic heterocycles. The Balaban J connectivity index is 2.32. The van der Waals surface area contributed by atoms with Gasteiger partial charge >= 0.3 is 0 Å². The minimum atomic E-state index is -0.306. The summed E-state index contributed by atoms with van der Waals surface area (Å²) in [6, 6.07) is 1.41. The molecule has 0 spiro atoms. The third-order valence-corrected chi connectivity index (χ3v) is 2.97. The van der Waals surface area contributed by atoms with Crippen LogP contribution in [0.15, 0.2) is 6.07 Å². The van der Waals surface area contributed by atoms with Crippen molar-refractivity contribution in [2.24, 2.45) is 5.73 Å². The summed E-state index contributed by atoms with van der Waals surface area (Å²) in [7, 11) is 0. The molecule has 17 heavy (non-hydrogen) atoms. The van der Waals surface area contributed by atoms with Crippen LogP contribution >= 0.6 is 0 Å². The lowest BCUT2D eigenvalue weighted by atomic mass is 10.0. The molecule has 0 saturated carbocycles. The fraction of sp³-hybridized carbons (Fsp3) is 0.545. The van der Waals surface area contributed by atoms with Crippen molar-refractivity contribution in [1.29, 1.82) is 0 Å². The van der Waals surface area contributed by atoms with Crippen molar-refractivity contribution in [3.63, 3.8) is 0 Å². The van der Waals surface area contributed by atoms with Gasteiger partial charge in [-0.1, -0.05) is 0 Å². The molecule has 92 valence electrons. The Morgan fingerprint density at radius 3 is 2.88 bits per heavy atom. The zero-order valence-electron chi connectivity index (χ0n) is 9.89. The van der Waals surface area contributed by atoms with E-state index in [1.54, 1.807) is 13.0 Å². The van der Waals surface area contributed by atoms with Gasteiger partial charge in [0.05, 0.1) is 0 Å². The molecule has 0 aromatic carbocycles. The average molecular weight is 235 g/mol. The predicted octanol–water partition coefficient (Wildman–Crippen LogP) is 0.211. The van der Waals surface area contributed by atoms with Crippen LogP contribution < -0.4 is 16.4 Å². The van der Waals surface area contributed by atoms with Crippen molar-refractivity contribution in [2.45, 2.75) is 32.2 Å². The lowest BCUT2D eigenvalue weighted by molar-refractivity contribution is -0.119. The highest BCUT2D eigenvalue weighted by atomic mass is 16.1. The van der Waals surface area contributed by atoms with E-state index in [1.807, 2.05) is 4.90 Å². The molecule has 4 N–H and O–H groups in total. The van der Waals surface area contributed by atoms with Crippen LogP contribution in [0.2, 0.25) is 0 Å². The van der Waals surface area contributed by atoms with E-state index in [0.29, 0.717) is 17.5 Å². The first kappa shape index (κ1) is 11.6. The molecule has 1 aliphatic heterocycles. The monoisotopic (exact) mass is 235 g/mol. The third-order valence-electron chi connectivity index (χ3n) is 2.97. The van der Waals surface area contributed by atoms with Gasteiger partial charge in [0.1, 0.15) is 23.5 Å². The highest BCUT2D eigenvalue weighted by molar-refractivity contribution is 5.83. The van der Waals surface area contributed by atoms with Gasteiger partial charge in [0.15, 0.2) is 0 Å². The highest BCUT2D eigenvalue weighted by Gasteiger charge is 2.28. The van der Waals surface area contributed by atoms with Gasteiger partial charge in [0.25, 0.3) is 0 Å². The van der Waals surface area contributed by atoms with E-state index in [1.165, 1.54) is 0 Å². The van der Waals surface area contributed by atoms with Crippen LogP contribution in [0.5, 0.6) is 0 Å². The fourth-order valence-electron chi connectivity index (χ4n) is 2.22. The van der Waals surface area contributed by atoms with E-state index in [2.05, 4.69) is 9.97 Å². The Kier molecular flexibility index (Phi) is 3.12. The summed E-state index contributed by atoms with van der Waals surface area (Å²) < 4.78 is 0. The third kappa shape index (κ3) is 2.46. The Morgan fingerprint density at radius 1 is 1.47 bits per heavy atom. The molecule has 1 unspecified atom stereocenters. The van der Waals surface area contributed by atoms with Crippen molar-refractivity contribution in [1.82, 2.24) is 9.97 Å². The second-order valence-corrected chi connectivity index (χ2v) is 4.31. The van der Waals surface area contributed by atoms with Crippen LogP contribution in [0.25, 0.3) is 0 Å². The molecule has 1 aromatic rings. The van der Waals surface area contributed by atoms with Crippen LogP contribution in [0.1, 0.15) is 25.1 Å². The number of carbonyl (C=O) groups is 1. The number of hydrogen-bond donors (Lipinski definition) is 2. The zero-order chi connectivity index (χ0) is 12.4. The first-order valence-corrected chi connectivity index (χ1v) is 5.75. The summed E-state index contributed by atoms with van der Waals surface area (Å²) in [4.78, 5) is 21.7. The molecule has 0 bridgehead atoms. The van der Waals surface area contributed by atoms with Gasteiger partial charge < -0.3 is 16.4 Å².